The Balaban J connectivity index is 1.30. The minimum Gasteiger partial charge on any atom is -0.455 e. The van der Waals surface area contributed by atoms with Crippen molar-refractivity contribution in [3.05, 3.63) is 87.3 Å². The number of ether oxygens (including phenoxy) is 3. The van der Waals surface area contributed by atoms with Gasteiger partial charge in [0, 0.05) is 25.1 Å². The molecule has 0 spiro atoms. The van der Waals surface area contributed by atoms with Crippen LogP contribution < -0.4 is 9.70 Å². The maximum absolute atomic E-state index is 13.9. The van der Waals surface area contributed by atoms with Gasteiger partial charge in [0.1, 0.15) is 11.4 Å². The van der Waals surface area contributed by atoms with Crippen LogP contribution in [0.5, 0.6) is 0 Å². The molecule has 44 heavy (non-hydrogen) atoms. The molecule has 4 heterocycles. The highest BCUT2D eigenvalue weighted by atomic mass is 32.2. The van der Waals surface area contributed by atoms with Gasteiger partial charge in [-0.25, -0.2) is 13.8 Å². The van der Waals surface area contributed by atoms with Crippen LogP contribution >= 0.6 is 23.7 Å². The molecule has 2 aromatic heterocycles. The van der Waals surface area contributed by atoms with Gasteiger partial charge in [-0.3, -0.25) is 4.79 Å². The Morgan fingerprint density at radius 1 is 1.11 bits per heavy atom. The number of aryl methyl sites for hydroxylation is 1. The normalized spacial score (nSPS) is 16.0. The van der Waals surface area contributed by atoms with E-state index >= 15 is 0 Å². The molecular weight excluding hydrogens is 604 g/mol. The average Bonchev–Trinajstić information content (AvgIpc) is 3.66. The topological polar surface area (TPSA) is 95.2 Å². The van der Waals surface area contributed by atoms with E-state index < -0.39 is 17.5 Å². The van der Waals surface area contributed by atoms with Gasteiger partial charge in [0.25, 0.3) is 5.91 Å². The number of anilines is 1. The van der Waals surface area contributed by atoms with E-state index in [4.69, 9.17) is 19.2 Å². The average molecular weight is 637 g/mol. The van der Waals surface area contributed by atoms with E-state index in [2.05, 4.69) is 9.89 Å². The highest BCUT2D eigenvalue weighted by molar-refractivity contribution is 7.93. The summed E-state index contributed by atoms with van der Waals surface area (Å²) in [4.78, 5) is 38.3. The standard InChI is InChI=1S/C32H33FN4O5S2/c1-32(2,3)42-30(39)28-21(12-14-27-40-17-18-41-27)11-13-26(34-28)36-16-15-20-7-6-8-22(23(20)19-36)29(38)35-31-37(44-33)24-9-4-5-10-25(24)43-31/h4-11,13,27H,12,14-19H2,1-3H3. The number of carbonyl (C=O) groups is 2. The first-order valence-electron chi connectivity index (χ1n) is 14.5. The molecule has 0 radical (unpaired) electrons. The maximum Gasteiger partial charge on any atom is 0.357 e. The Bertz CT molecular complexity index is 1770. The molecule has 6 rings (SSSR count). The van der Waals surface area contributed by atoms with Crippen molar-refractivity contribution in [2.24, 2.45) is 4.99 Å². The molecule has 1 fully saturated rings. The second-order valence-electron chi connectivity index (χ2n) is 11.6. The summed E-state index contributed by atoms with van der Waals surface area (Å²) in [5.41, 5.74) is 3.35. The number of pyridine rings is 1. The van der Waals surface area contributed by atoms with Crippen molar-refractivity contribution in [3.8, 4) is 0 Å². The molecule has 1 amide bonds. The van der Waals surface area contributed by atoms with E-state index in [0.717, 1.165) is 21.4 Å². The summed E-state index contributed by atoms with van der Waals surface area (Å²) < 4.78 is 32.9. The Morgan fingerprint density at radius 3 is 2.68 bits per heavy atom. The lowest BCUT2D eigenvalue weighted by molar-refractivity contribution is -0.0463. The SMILES string of the molecule is CC(C)(C)OC(=O)c1nc(N2CCc3cccc(C(=O)N=c4sc5ccccc5n4SF)c3C2)ccc1CCC1OCCO1. The minimum absolute atomic E-state index is 0.0265. The van der Waals surface area contributed by atoms with Gasteiger partial charge in [0.2, 0.25) is 4.80 Å². The Kier molecular flexibility index (Phi) is 8.86. The number of hydrogen-bond acceptors (Lipinski definition) is 9. The summed E-state index contributed by atoms with van der Waals surface area (Å²) in [6.07, 6.45) is 1.53. The number of carbonyl (C=O) groups excluding carboxylic acids is 2. The number of thiazole rings is 1. The number of esters is 1. The lowest BCUT2D eigenvalue weighted by Gasteiger charge is -2.31. The summed E-state index contributed by atoms with van der Waals surface area (Å²) in [7, 11) is 0. The van der Waals surface area contributed by atoms with E-state index in [1.165, 1.54) is 15.3 Å². The van der Waals surface area contributed by atoms with Crippen molar-refractivity contribution in [2.75, 3.05) is 24.7 Å². The largest absolute Gasteiger partial charge is 0.455 e. The first-order valence-corrected chi connectivity index (χ1v) is 16.0. The van der Waals surface area contributed by atoms with E-state index in [1.54, 1.807) is 12.1 Å². The molecule has 0 N–H and O–H groups in total. The van der Waals surface area contributed by atoms with Crippen LogP contribution in [0.3, 0.4) is 0 Å². The molecular formula is C32H33FN4O5S2. The fourth-order valence-electron chi connectivity index (χ4n) is 5.42. The number of fused-ring (bicyclic) bond motifs is 2. The summed E-state index contributed by atoms with van der Waals surface area (Å²) >= 11 is 1.29. The number of benzene rings is 2. The highest BCUT2D eigenvalue weighted by Crippen LogP contribution is 2.29. The number of rotatable bonds is 7. The zero-order valence-corrected chi connectivity index (χ0v) is 26.4. The van der Waals surface area contributed by atoms with Gasteiger partial charge in [0.15, 0.2) is 24.3 Å². The summed E-state index contributed by atoms with van der Waals surface area (Å²) in [5.74, 6) is -0.312. The van der Waals surface area contributed by atoms with Crippen LogP contribution in [0.15, 0.2) is 59.6 Å². The van der Waals surface area contributed by atoms with E-state index in [-0.39, 0.29) is 29.1 Å². The number of hydrogen-bond donors (Lipinski definition) is 0. The minimum atomic E-state index is -0.681. The van der Waals surface area contributed by atoms with Crippen LogP contribution in [0.2, 0.25) is 0 Å². The number of nitrogens with zero attached hydrogens (tertiary/aromatic N) is 4. The molecule has 0 saturated carbocycles. The maximum atomic E-state index is 13.9. The lowest BCUT2D eigenvalue weighted by Crippen LogP contribution is -2.33. The van der Waals surface area contributed by atoms with E-state index in [0.29, 0.717) is 62.5 Å². The van der Waals surface area contributed by atoms with Gasteiger partial charge in [-0.2, -0.15) is 4.99 Å². The molecule has 0 unspecified atom stereocenters. The van der Waals surface area contributed by atoms with Crippen molar-refractivity contribution >= 4 is 51.6 Å². The zero-order chi connectivity index (χ0) is 30.8. The van der Waals surface area contributed by atoms with Crippen LogP contribution in [0, 0.1) is 0 Å². The van der Waals surface area contributed by atoms with Crippen LogP contribution in [0.25, 0.3) is 10.2 Å². The van der Waals surface area contributed by atoms with Gasteiger partial charge in [-0.15, -0.1) is 3.89 Å². The molecule has 0 aliphatic carbocycles. The third kappa shape index (κ3) is 6.58. The van der Waals surface area contributed by atoms with Crippen LogP contribution in [0.4, 0.5) is 9.70 Å². The highest BCUT2D eigenvalue weighted by Gasteiger charge is 2.27. The van der Waals surface area contributed by atoms with Gasteiger partial charge in [0.05, 0.1) is 23.4 Å². The van der Waals surface area contributed by atoms with Gasteiger partial charge >= 0.3 is 5.97 Å². The number of aromatic nitrogens is 2. The predicted molar refractivity (Wildman–Crippen MR) is 168 cm³/mol. The van der Waals surface area contributed by atoms with Crippen LogP contribution in [-0.2, 0) is 33.6 Å². The molecule has 12 heteroatoms. The van der Waals surface area contributed by atoms with Gasteiger partial charge in [-0.05, 0) is 74.6 Å². The molecule has 230 valence electrons. The number of amides is 1. The summed E-state index contributed by atoms with van der Waals surface area (Å²) in [6.45, 7) is 7.66. The molecule has 2 aromatic carbocycles. The van der Waals surface area contributed by atoms with Gasteiger partial charge in [-0.1, -0.05) is 41.7 Å². The van der Waals surface area contributed by atoms with Crippen LogP contribution in [-0.4, -0.2) is 52.5 Å². The van der Waals surface area contributed by atoms with Gasteiger partial charge < -0.3 is 19.1 Å². The molecule has 9 nitrogen and oxygen atoms in total. The quantitative estimate of drug-likeness (QED) is 0.227. The Labute approximate surface area is 263 Å². The molecule has 2 aliphatic rings. The van der Waals surface area contributed by atoms with Crippen molar-refractivity contribution in [2.45, 2.75) is 58.5 Å². The fraction of sp³-hybridized carbons (Fsp3) is 0.375. The molecule has 1 saturated heterocycles. The smallest absolute Gasteiger partial charge is 0.357 e. The third-order valence-corrected chi connectivity index (χ3v) is 9.09. The van der Waals surface area contributed by atoms with Crippen molar-refractivity contribution in [1.29, 1.82) is 0 Å². The third-order valence-electron chi connectivity index (χ3n) is 7.45. The summed E-state index contributed by atoms with van der Waals surface area (Å²) in [6, 6.07) is 16.8. The number of para-hydroxylation sites is 1. The van der Waals surface area contributed by atoms with Crippen LogP contribution in [0.1, 0.15) is 64.7 Å². The predicted octanol–water partition coefficient (Wildman–Crippen LogP) is 6.04. The number of halogens is 1. The first kappa shape index (κ1) is 30.4. The van der Waals surface area contributed by atoms with Crippen molar-refractivity contribution < 1.29 is 27.7 Å². The first-order chi connectivity index (χ1) is 21.2. The van der Waals surface area contributed by atoms with Crippen molar-refractivity contribution in [1.82, 2.24) is 8.96 Å². The second-order valence-corrected chi connectivity index (χ2v) is 13.1. The molecule has 4 aromatic rings. The Hall–Kier alpha value is -3.58. The monoisotopic (exact) mass is 636 g/mol. The zero-order valence-electron chi connectivity index (χ0n) is 24.7. The summed E-state index contributed by atoms with van der Waals surface area (Å²) in [5, 5.41) is 0. The lowest BCUT2D eigenvalue weighted by atomic mass is 9.94. The second kappa shape index (κ2) is 12.8. The van der Waals surface area contributed by atoms with E-state index in [9.17, 15) is 13.5 Å². The van der Waals surface area contributed by atoms with Crippen molar-refractivity contribution in [3.63, 3.8) is 0 Å². The van der Waals surface area contributed by atoms with E-state index in [1.807, 2.05) is 63.2 Å². The molecule has 2 aliphatic heterocycles. The Morgan fingerprint density at radius 2 is 1.91 bits per heavy atom. The fourth-order valence-corrected chi connectivity index (χ4v) is 6.92. The molecule has 0 atom stereocenters. The molecule has 0 bridgehead atoms.